The average Bonchev–Trinajstić information content (AvgIpc) is 3.00. The fraction of sp³-hybridized carbons (Fsp3) is 0.200. The first kappa shape index (κ1) is 18.2. The maximum Gasteiger partial charge on any atom is 0.363 e. The van der Waals surface area contributed by atoms with Crippen LogP contribution in [-0.4, -0.2) is 25.6 Å². The summed E-state index contributed by atoms with van der Waals surface area (Å²) < 4.78 is 17.1. The van der Waals surface area contributed by atoms with E-state index in [0.29, 0.717) is 18.1 Å². The lowest BCUT2D eigenvalue weighted by Gasteiger charge is -2.10. The summed E-state index contributed by atoms with van der Waals surface area (Å²) in [6.07, 6.45) is 2.56. The van der Waals surface area contributed by atoms with Gasteiger partial charge in [-0.15, -0.1) is 0 Å². The first-order valence-electron chi connectivity index (χ1n) is 8.20. The van der Waals surface area contributed by atoms with Crippen molar-refractivity contribution in [1.29, 1.82) is 0 Å². The van der Waals surface area contributed by atoms with E-state index in [4.69, 9.17) is 14.2 Å². The summed E-state index contributed by atoms with van der Waals surface area (Å²) in [4.78, 5) is 16.5. The first-order chi connectivity index (χ1) is 12.6. The molecule has 1 heterocycles. The van der Waals surface area contributed by atoms with Crippen LogP contribution in [0.15, 0.2) is 57.6 Å². The van der Waals surface area contributed by atoms with Crippen LogP contribution < -0.4 is 9.47 Å². The number of halogens is 1. The Kier molecular flexibility index (Phi) is 5.73. The molecule has 1 aliphatic rings. The molecule has 0 bridgehead atoms. The highest BCUT2D eigenvalue weighted by molar-refractivity contribution is 9.10. The molecule has 134 valence electrons. The number of hydrogen-bond acceptors (Lipinski definition) is 5. The third-order valence-corrected chi connectivity index (χ3v) is 4.37. The van der Waals surface area contributed by atoms with Crippen molar-refractivity contribution in [2.45, 2.75) is 13.3 Å². The third kappa shape index (κ3) is 3.96. The molecule has 0 saturated heterocycles. The van der Waals surface area contributed by atoms with Crippen molar-refractivity contribution >= 4 is 33.9 Å². The normalized spacial score (nSPS) is 15.0. The molecular formula is C20H18BrNO4. The maximum atomic E-state index is 12.2. The molecule has 0 N–H and O–H groups in total. The number of aliphatic imine (C=N–C) groups is 1. The lowest BCUT2D eigenvalue weighted by atomic mass is 10.1. The minimum absolute atomic E-state index is 0.238. The van der Waals surface area contributed by atoms with E-state index in [1.54, 1.807) is 19.3 Å². The molecular weight excluding hydrogens is 398 g/mol. The minimum Gasteiger partial charge on any atom is -0.493 e. The van der Waals surface area contributed by atoms with E-state index in [2.05, 4.69) is 20.9 Å². The summed E-state index contributed by atoms with van der Waals surface area (Å²) in [6, 6.07) is 12.9. The SMILES string of the molecule is CCCOc1cc(/C=C2/N=C(c3ccccc3Br)OC2=O)ccc1OC. The predicted octanol–water partition coefficient (Wildman–Crippen LogP) is 4.59. The van der Waals surface area contributed by atoms with Gasteiger partial charge in [0.1, 0.15) is 0 Å². The Morgan fingerprint density at radius 1 is 1.19 bits per heavy atom. The van der Waals surface area contributed by atoms with Crippen molar-refractivity contribution in [3.63, 3.8) is 0 Å². The molecule has 2 aromatic carbocycles. The van der Waals surface area contributed by atoms with E-state index in [9.17, 15) is 4.79 Å². The highest BCUT2D eigenvalue weighted by Crippen LogP contribution is 2.30. The molecule has 0 radical (unpaired) electrons. The van der Waals surface area contributed by atoms with Crippen molar-refractivity contribution < 1.29 is 19.0 Å². The third-order valence-electron chi connectivity index (χ3n) is 3.68. The van der Waals surface area contributed by atoms with Crippen LogP contribution in [0.4, 0.5) is 0 Å². The van der Waals surface area contributed by atoms with Gasteiger partial charge in [0.05, 0.1) is 19.3 Å². The van der Waals surface area contributed by atoms with E-state index >= 15 is 0 Å². The van der Waals surface area contributed by atoms with Gasteiger partial charge in [0.15, 0.2) is 17.2 Å². The Morgan fingerprint density at radius 2 is 2.00 bits per heavy atom. The van der Waals surface area contributed by atoms with Gasteiger partial charge in [-0.1, -0.05) is 25.1 Å². The van der Waals surface area contributed by atoms with Gasteiger partial charge in [-0.2, -0.15) is 0 Å². The van der Waals surface area contributed by atoms with Gasteiger partial charge in [-0.3, -0.25) is 0 Å². The number of cyclic esters (lactones) is 1. The quantitative estimate of drug-likeness (QED) is 0.511. The summed E-state index contributed by atoms with van der Waals surface area (Å²) >= 11 is 3.44. The zero-order valence-corrected chi connectivity index (χ0v) is 16.1. The summed E-state index contributed by atoms with van der Waals surface area (Å²) in [7, 11) is 1.59. The summed E-state index contributed by atoms with van der Waals surface area (Å²) in [5, 5.41) is 0. The standard InChI is InChI=1S/C20H18BrNO4/c1-3-10-25-18-12-13(8-9-17(18)24-2)11-16-20(23)26-19(22-16)14-6-4-5-7-15(14)21/h4-9,11-12H,3,10H2,1-2H3/b16-11+. The van der Waals surface area contributed by atoms with Crippen molar-refractivity contribution in [3.05, 3.63) is 63.8 Å². The first-order valence-corrected chi connectivity index (χ1v) is 9.00. The Morgan fingerprint density at radius 3 is 2.73 bits per heavy atom. The molecule has 0 spiro atoms. The molecule has 5 nitrogen and oxygen atoms in total. The van der Waals surface area contributed by atoms with E-state index < -0.39 is 5.97 Å². The number of benzene rings is 2. The van der Waals surface area contributed by atoms with Crippen molar-refractivity contribution in [1.82, 2.24) is 0 Å². The number of esters is 1. The number of ether oxygens (including phenoxy) is 3. The molecule has 0 fully saturated rings. The van der Waals surface area contributed by atoms with Crippen molar-refractivity contribution in [2.75, 3.05) is 13.7 Å². The van der Waals surface area contributed by atoms with E-state index in [1.165, 1.54) is 0 Å². The van der Waals surface area contributed by atoms with Crippen LogP contribution in [0.25, 0.3) is 6.08 Å². The van der Waals surface area contributed by atoms with Crippen LogP contribution in [-0.2, 0) is 9.53 Å². The predicted molar refractivity (Wildman–Crippen MR) is 104 cm³/mol. The Bertz CT molecular complexity index is 889. The summed E-state index contributed by atoms with van der Waals surface area (Å²) in [5.41, 5.74) is 1.74. The van der Waals surface area contributed by atoms with Crippen LogP contribution in [0, 0.1) is 0 Å². The van der Waals surface area contributed by atoms with Gasteiger partial charge >= 0.3 is 5.97 Å². The largest absolute Gasteiger partial charge is 0.493 e. The zero-order chi connectivity index (χ0) is 18.5. The summed E-state index contributed by atoms with van der Waals surface area (Å²) in [5.74, 6) is 1.07. The van der Waals surface area contributed by atoms with Crippen LogP contribution >= 0.6 is 15.9 Å². The van der Waals surface area contributed by atoms with E-state index in [0.717, 1.165) is 22.0 Å². The fourth-order valence-electron chi connectivity index (χ4n) is 2.42. The molecule has 26 heavy (non-hydrogen) atoms. The second-order valence-corrected chi connectivity index (χ2v) is 6.43. The fourth-order valence-corrected chi connectivity index (χ4v) is 2.88. The van der Waals surface area contributed by atoms with Crippen molar-refractivity contribution in [2.24, 2.45) is 4.99 Å². The Labute approximate surface area is 160 Å². The van der Waals surface area contributed by atoms with Crippen LogP contribution in [0.2, 0.25) is 0 Å². The van der Waals surface area contributed by atoms with Crippen molar-refractivity contribution in [3.8, 4) is 11.5 Å². The molecule has 0 atom stereocenters. The lowest BCUT2D eigenvalue weighted by Crippen LogP contribution is -2.05. The molecule has 0 saturated carbocycles. The summed E-state index contributed by atoms with van der Waals surface area (Å²) in [6.45, 7) is 2.62. The average molecular weight is 416 g/mol. The lowest BCUT2D eigenvalue weighted by molar-refractivity contribution is -0.129. The number of methoxy groups -OCH3 is 1. The molecule has 0 aromatic heterocycles. The van der Waals surface area contributed by atoms with Gasteiger partial charge in [0.25, 0.3) is 0 Å². The van der Waals surface area contributed by atoms with Gasteiger partial charge in [0.2, 0.25) is 5.90 Å². The van der Waals surface area contributed by atoms with Gasteiger partial charge in [-0.05, 0) is 58.3 Å². The molecule has 1 aliphatic heterocycles. The van der Waals surface area contributed by atoms with Crippen LogP contribution in [0.1, 0.15) is 24.5 Å². The highest BCUT2D eigenvalue weighted by atomic mass is 79.9. The molecule has 3 rings (SSSR count). The van der Waals surface area contributed by atoms with Gasteiger partial charge < -0.3 is 14.2 Å². The smallest absolute Gasteiger partial charge is 0.363 e. The topological polar surface area (TPSA) is 57.1 Å². The number of carbonyl (C=O) groups is 1. The molecule has 0 unspecified atom stereocenters. The molecule has 0 aliphatic carbocycles. The van der Waals surface area contributed by atoms with Crippen LogP contribution in [0.5, 0.6) is 11.5 Å². The number of carbonyl (C=O) groups excluding carboxylic acids is 1. The Hall–Kier alpha value is -2.60. The maximum absolute atomic E-state index is 12.2. The second-order valence-electron chi connectivity index (χ2n) is 5.57. The number of hydrogen-bond donors (Lipinski definition) is 0. The van der Waals surface area contributed by atoms with E-state index in [-0.39, 0.29) is 11.6 Å². The van der Waals surface area contributed by atoms with E-state index in [1.807, 2.05) is 43.3 Å². The Balaban J connectivity index is 1.92. The zero-order valence-electron chi connectivity index (χ0n) is 14.5. The monoisotopic (exact) mass is 415 g/mol. The highest BCUT2D eigenvalue weighted by Gasteiger charge is 2.25. The minimum atomic E-state index is -0.484. The van der Waals surface area contributed by atoms with Crippen LogP contribution in [0.3, 0.4) is 0 Å². The number of rotatable bonds is 6. The molecule has 6 heteroatoms. The molecule has 2 aromatic rings. The second kappa shape index (κ2) is 8.19. The molecule has 0 amide bonds. The van der Waals surface area contributed by atoms with Gasteiger partial charge in [-0.25, -0.2) is 9.79 Å². The van der Waals surface area contributed by atoms with Gasteiger partial charge in [0, 0.05) is 4.47 Å². The number of nitrogens with zero attached hydrogens (tertiary/aromatic N) is 1.